The number of fused-ring (bicyclic) bond motifs is 2. The Morgan fingerprint density at radius 3 is 2.70 bits per heavy atom. The maximum absolute atomic E-state index is 6.05. The van der Waals surface area contributed by atoms with Crippen molar-refractivity contribution in [2.75, 3.05) is 44.8 Å². The Hall–Kier alpha value is -2.73. The van der Waals surface area contributed by atoms with Crippen LogP contribution in [0.1, 0.15) is 5.56 Å². The molecule has 3 aromatic rings. The molecular weight excluding hydrogens is 342 g/mol. The summed E-state index contributed by atoms with van der Waals surface area (Å²) in [6.45, 7) is 4.48. The quantitative estimate of drug-likeness (QED) is 0.711. The van der Waals surface area contributed by atoms with Crippen LogP contribution in [0.25, 0.3) is 11.1 Å². The Kier molecular flexibility index (Phi) is 4.13. The summed E-state index contributed by atoms with van der Waals surface area (Å²) in [5.41, 5.74) is 2.99. The zero-order chi connectivity index (χ0) is 18.2. The molecule has 3 heterocycles. The van der Waals surface area contributed by atoms with Gasteiger partial charge in [0.1, 0.15) is 12.1 Å². The largest absolute Gasteiger partial charge is 0.493 e. The van der Waals surface area contributed by atoms with Gasteiger partial charge >= 0.3 is 0 Å². The first-order valence-electron chi connectivity index (χ1n) is 9.45. The normalized spacial score (nSPS) is 20.3. The second-order valence-electron chi connectivity index (χ2n) is 7.10. The van der Waals surface area contributed by atoms with Crippen LogP contribution in [0.5, 0.6) is 11.5 Å². The molecule has 0 spiro atoms. The molecule has 6 heteroatoms. The Balaban J connectivity index is 1.25. The number of anilines is 1. The summed E-state index contributed by atoms with van der Waals surface area (Å²) in [4.78, 5) is 9.37. The lowest BCUT2D eigenvalue weighted by Crippen LogP contribution is -2.53. The van der Waals surface area contributed by atoms with E-state index in [0.717, 1.165) is 61.2 Å². The Labute approximate surface area is 158 Å². The molecule has 1 aromatic heterocycles. The van der Waals surface area contributed by atoms with Crippen molar-refractivity contribution >= 4 is 17.1 Å². The van der Waals surface area contributed by atoms with Gasteiger partial charge in [-0.05, 0) is 30.2 Å². The van der Waals surface area contributed by atoms with Crippen LogP contribution in [0, 0.1) is 0 Å². The number of hydrogen-bond acceptors (Lipinski definition) is 6. The van der Waals surface area contributed by atoms with Crippen molar-refractivity contribution < 1.29 is 13.9 Å². The van der Waals surface area contributed by atoms with Gasteiger partial charge in [0, 0.05) is 32.2 Å². The van der Waals surface area contributed by atoms with Gasteiger partial charge in [-0.3, -0.25) is 4.90 Å². The lowest BCUT2D eigenvalue weighted by Gasteiger charge is -2.40. The number of methoxy groups -OCH3 is 1. The van der Waals surface area contributed by atoms with Crippen LogP contribution >= 0.6 is 0 Å². The zero-order valence-electron chi connectivity index (χ0n) is 15.4. The predicted octanol–water partition coefficient (Wildman–Crippen LogP) is 2.96. The second kappa shape index (κ2) is 6.78. The van der Waals surface area contributed by atoms with Crippen molar-refractivity contribution in [2.45, 2.75) is 12.5 Å². The van der Waals surface area contributed by atoms with Crippen LogP contribution in [-0.4, -0.2) is 55.8 Å². The molecule has 1 atom stereocenters. The van der Waals surface area contributed by atoms with Gasteiger partial charge in [0.15, 0.2) is 17.1 Å². The number of aromatic nitrogens is 1. The number of rotatable bonds is 3. The van der Waals surface area contributed by atoms with E-state index in [1.54, 1.807) is 7.11 Å². The lowest BCUT2D eigenvalue weighted by atomic mass is 10.0. The van der Waals surface area contributed by atoms with Gasteiger partial charge in [0.2, 0.25) is 0 Å². The standard InChI is InChI=1S/C21H23N3O3/c1-25-19-8-4-5-15-13-16(14-26-20(15)19)23-9-11-24(12-10-23)21-22-17-6-2-3-7-18(17)27-21/h2-8,16H,9-14H2,1H3/t16-/m0/s1. The van der Waals surface area contributed by atoms with Crippen LogP contribution in [0.15, 0.2) is 46.9 Å². The van der Waals surface area contributed by atoms with E-state index in [9.17, 15) is 0 Å². The molecule has 0 saturated carbocycles. The molecular formula is C21H23N3O3. The van der Waals surface area contributed by atoms with E-state index >= 15 is 0 Å². The maximum Gasteiger partial charge on any atom is 0.298 e. The minimum atomic E-state index is 0.399. The monoisotopic (exact) mass is 365 g/mol. The third kappa shape index (κ3) is 3.00. The van der Waals surface area contributed by atoms with Gasteiger partial charge in [-0.15, -0.1) is 0 Å². The molecule has 0 aliphatic carbocycles. The Morgan fingerprint density at radius 1 is 1.04 bits per heavy atom. The fourth-order valence-corrected chi connectivity index (χ4v) is 4.05. The van der Waals surface area contributed by atoms with E-state index in [4.69, 9.17) is 13.9 Å². The van der Waals surface area contributed by atoms with Crippen LogP contribution in [-0.2, 0) is 6.42 Å². The number of piperazine rings is 1. The van der Waals surface area contributed by atoms with E-state index in [2.05, 4.69) is 20.9 Å². The highest BCUT2D eigenvalue weighted by molar-refractivity contribution is 5.74. The number of para-hydroxylation sites is 3. The number of benzene rings is 2. The van der Waals surface area contributed by atoms with E-state index in [1.807, 2.05) is 36.4 Å². The Morgan fingerprint density at radius 2 is 1.89 bits per heavy atom. The van der Waals surface area contributed by atoms with Crippen LogP contribution < -0.4 is 14.4 Å². The van der Waals surface area contributed by atoms with Crippen molar-refractivity contribution in [1.82, 2.24) is 9.88 Å². The van der Waals surface area contributed by atoms with Crippen molar-refractivity contribution in [3.8, 4) is 11.5 Å². The zero-order valence-corrected chi connectivity index (χ0v) is 15.4. The molecule has 1 fully saturated rings. The van der Waals surface area contributed by atoms with Gasteiger partial charge in [0.05, 0.1) is 7.11 Å². The highest BCUT2D eigenvalue weighted by atomic mass is 16.5. The number of ether oxygens (including phenoxy) is 2. The summed E-state index contributed by atoms with van der Waals surface area (Å²) < 4.78 is 17.4. The molecule has 0 radical (unpaired) electrons. The van der Waals surface area contributed by atoms with Crippen molar-refractivity contribution in [2.24, 2.45) is 0 Å². The average molecular weight is 365 g/mol. The van der Waals surface area contributed by atoms with E-state index in [0.29, 0.717) is 12.6 Å². The summed E-state index contributed by atoms with van der Waals surface area (Å²) in [7, 11) is 1.69. The number of oxazole rings is 1. The van der Waals surface area contributed by atoms with Gasteiger partial charge in [-0.25, -0.2) is 0 Å². The first kappa shape index (κ1) is 16.4. The first-order chi connectivity index (χ1) is 13.3. The highest BCUT2D eigenvalue weighted by Crippen LogP contribution is 2.35. The molecule has 2 aliphatic rings. The molecule has 0 N–H and O–H groups in total. The molecule has 6 nitrogen and oxygen atoms in total. The van der Waals surface area contributed by atoms with Gasteiger partial charge in [0.25, 0.3) is 6.01 Å². The lowest BCUT2D eigenvalue weighted by molar-refractivity contribution is 0.110. The summed E-state index contributed by atoms with van der Waals surface area (Å²) in [5.74, 6) is 1.73. The fraction of sp³-hybridized carbons (Fsp3) is 0.381. The SMILES string of the molecule is COc1cccc2c1OC[C@@H](N1CCN(c3nc4ccccc4o3)CC1)C2. The molecule has 0 unspecified atom stereocenters. The molecule has 5 rings (SSSR count). The molecule has 140 valence electrons. The summed E-state index contributed by atoms with van der Waals surface area (Å²) >= 11 is 0. The minimum absolute atomic E-state index is 0.399. The average Bonchev–Trinajstić information content (AvgIpc) is 3.17. The van der Waals surface area contributed by atoms with Crippen molar-refractivity contribution in [3.63, 3.8) is 0 Å². The van der Waals surface area contributed by atoms with Crippen molar-refractivity contribution in [3.05, 3.63) is 48.0 Å². The summed E-state index contributed by atoms with van der Waals surface area (Å²) in [6, 6.07) is 15.2. The second-order valence-corrected chi connectivity index (χ2v) is 7.10. The van der Waals surface area contributed by atoms with Crippen LogP contribution in [0.3, 0.4) is 0 Å². The molecule has 1 saturated heterocycles. The third-order valence-corrected chi connectivity index (χ3v) is 5.54. The Bertz CT molecular complexity index is 914. The summed E-state index contributed by atoms with van der Waals surface area (Å²) in [6.07, 6.45) is 0.995. The smallest absolute Gasteiger partial charge is 0.298 e. The molecule has 0 bridgehead atoms. The van der Waals surface area contributed by atoms with Gasteiger partial charge in [-0.2, -0.15) is 4.98 Å². The summed E-state index contributed by atoms with van der Waals surface area (Å²) in [5, 5.41) is 0. The molecule has 2 aromatic carbocycles. The van der Waals surface area contributed by atoms with E-state index < -0.39 is 0 Å². The van der Waals surface area contributed by atoms with E-state index in [-0.39, 0.29) is 0 Å². The highest BCUT2D eigenvalue weighted by Gasteiger charge is 2.30. The van der Waals surface area contributed by atoms with E-state index in [1.165, 1.54) is 5.56 Å². The molecule has 27 heavy (non-hydrogen) atoms. The molecule has 2 aliphatic heterocycles. The van der Waals surface area contributed by atoms with Crippen molar-refractivity contribution in [1.29, 1.82) is 0 Å². The maximum atomic E-state index is 6.05. The number of hydrogen-bond donors (Lipinski definition) is 0. The number of nitrogens with zero attached hydrogens (tertiary/aromatic N) is 3. The minimum Gasteiger partial charge on any atom is -0.493 e. The fourth-order valence-electron chi connectivity index (χ4n) is 4.05. The topological polar surface area (TPSA) is 51.0 Å². The molecule has 0 amide bonds. The predicted molar refractivity (Wildman–Crippen MR) is 104 cm³/mol. The van der Waals surface area contributed by atoms with Gasteiger partial charge in [-0.1, -0.05) is 24.3 Å². The van der Waals surface area contributed by atoms with Crippen LogP contribution in [0.4, 0.5) is 6.01 Å². The third-order valence-electron chi connectivity index (χ3n) is 5.54. The van der Waals surface area contributed by atoms with Crippen LogP contribution in [0.2, 0.25) is 0 Å². The van der Waals surface area contributed by atoms with Gasteiger partial charge < -0.3 is 18.8 Å². The first-order valence-corrected chi connectivity index (χ1v) is 9.45.